The van der Waals surface area contributed by atoms with Crippen LogP contribution in [-0.4, -0.2) is 24.9 Å². The van der Waals surface area contributed by atoms with E-state index < -0.39 is 11.8 Å². The normalized spacial score (nSPS) is 9.00. The Morgan fingerprint density at radius 3 is 2.62 bits per heavy atom. The lowest BCUT2D eigenvalue weighted by atomic mass is 10.2. The van der Waals surface area contributed by atoms with Crippen LogP contribution in [0.15, 0.2) is 35.4 Å². The van der Waals surface area contributed by atoms with Gasteiger partial charge in [0.1, 0.15) is 6.61 Å². The van der Waals surface area contributed by atoms with Gasteiger partial charge in [0.25, 0.3) is 0 Å². The van der Waals surface area contributed by atoms with E-state index in [1.54, 1.807) is 30.3 Å². The van der Waals surface area contributed by atoms with Gasteiger partial charge in [-0.2, -0.15) is 0 Å². The number of ether oxygens (including phenoxy) is 1. The molecule has 1 aromatic rings. The van der Waals surface area contributed by atoms with Crippen LogP contribution in [-0.2, 0) is 9.53 Å². The van der Waals surface area contributed by atoms with Gasteiger partial charge in [0.05, 0.1) is 12.1 Å². The van der Waals surface area contributed by atoms with Gasteiger partial charge in [0.15, 0.2) is 5.78 Å². The molecular weight excluding hydrogens is 210 g/mol. The Labute approximate surface area is 91.5 Å². The molecule has 1 aromatic carbocycles. The zero-order valence-electron chi connectivity index (χ0n) is 8.37. The summed E-state index contributed by atoms with van der Waals surface area (Å²) in [4.78, 5) is 24.8. The first-order valence-corrected chi connectivity index (χ1v) is 4.49. The summed E-state index contributed by atoms with van der Waals surface area (Å²) in [6.07, 6.45) is 0. The second-order valence-electron chi connectivity index (χ2n) is 2.87. The van der Waals surface area contributed by atoms with Crippen molar-refractivity contribution in [2.24, 2.45) is 5.11 Å². The minimum atomic E-state index is -0.574. The van der Waals surface area contributed by atoms with Crippen molar-refractivity contribution in [3.8, 4) is 0 Å². The van der Waals surface area contributed by atoms with Crippen molar-refractivity contribution < 1.29 is 14.3 Å². The Morgan fingerprint density at radius 2 is 2.00 bits per heavy atom. The Hall–Kier alpha value is -2.33. The van der Waals surface area contributed by atoms with E-state index >= 15 is 0 Å². The van der Waals surface area contributed by atoms with Gasteiger partial charge in [-0.15, -0.1) is 0 Å². The number of rotatable bonds is 5. The maximum Gasteiger partial charge on any atom is 0.338 e. The molecule has 0 fully saturated rings. The third-order valence-electron chi connectivity index (χ3n) is 1.68. The molecule has 0 unspecified atom stereocenters. The summed E-state index contributed by atoms with van der Waals surface area (Å²) in [6, 6.07) is 8.32. The molecular formula is C10H9N3O3. The minimum Gasteiger partial charge on any atom is -0.454 e. The largest absolute Gasteiger partial charge is 0.454 e. The smallest absolute Gasteiger partial charge is 0.338 e. The highest BCUT2D eigenvalue weighted by Gasteiger charge is 2.08. The number of carbonyl (C=O) groups excluding carboxylic acids is 2. The number of benzene rings is 1. The van der Waals surface area contributed by atoms with Crippen LogP contribution in [0.5, 0.6) is 0 Å². The number of hydrogen-bond donors (Lipinski definition) is 0. The fraction of sp³-hybridized carbons (Fsp3) is 0.200. The number of azide groups is 1. The quantitative estimate of drug-likeness (QED) is 0.326. The summed E-state index contributed by atoms with van der Waals surface area (Å²) >= 11 is 0. The van der Waals surface area contributed by atoms with Gasteiger partial charge in [-0.3, -0.25) is 4.79 Å². The fourth-order valence-electron chi connectivity index (χ4n) is 0.960. The molecule has 0 N–H and O–H groups in total. The van der Waals surface area contributed by atoms with E-state index in [1.165, 1.54) is 0 Å². The van der Waals surface area contributed by atoms with Gasteiger partial charge in [0, 0.05) is 4.91 Å². The number of Topliss-reactive ketones (excluding diaryl/α,β-unsaturated/α-hetero) is 1. The van der Waals surface area contributed by atoms with Crippen LogP contribution in [0.4, 0.5) is 0 Å². The predicted molar refractivity (Wildman–Crippen MR) is 55.7 cm³/mol. The first kappa shape index (κ1) is 11.7. The molecule has 0 aliphatic rings. The van der Waals surface area contributed by atoms with Crippen molar-refractivity contribution in [1.29, 1.82) is 0 Å². The summed E-state index contributed by atoms with van der Waals surface area (Å²) in [6.45, 7) is -0.689. The van der Waals surface area contributed by atoms with E-state index in [0.29, 0.717) is 5.56 Å². The lowest BCUT2D eigenvalue weighted by Crippen LogP contribution is -2.15. The van der Waals surface area contributed by atoms with Crippen LogP contribution in [0.25, 0.3) is 10.4 Å². The van der Waals surface area contributed by atoms with E-state index in [2.05, 4.69) is 10.0 Å². The van der Waals surface area contributed by atoms with E-state index in [9.17, 15) is 9.59 Å². The van der Waals surface area contributed by atoms with Crippen LogP contribution < -0.4 is 0 Å². The second-order valence-corrected chi connectivity index (χ2v) is 2.87. The topological polar surface area (TPSA) is 92.1 Å². The highest BCUT2D eigenvalue weighted by Crippen LogP contribution is 2.00. The fourth-order valence-corrected chi connectivity index (χ4v) is 0.960. The van der Waals surface area contributed by atoms with Crippen molar-refractivity contribution in [3.05, 3.63) is 46.3 Å². The summed E-state index contributed by atoms with van der Waals surface area (Å²) in [5.41, 5.74) is 8.34. The zero-order valence-corrected chi connectivity index (χ0v) is 8.37. The molecule has 82 valence electrons. The van der Waals surface area contributed by atoms with E-state index in [-0.39, 0.29) is 13.2 Å². The molecule has 16 heavy (non-hydrogen) atoms. The lowest BCUT2D eigenvalue weighted by Gasteiger charge is -2.02. The monoisotopic (exact) mass is 219 g/mol. The Kier molecular flexibility index (Phi) is 4.56. The molecule has 0 bridgehead atoms. The van der Waals surface area contributed by atoms with E-state index in [1.807, 2.05) is 0 Å². The third kappa shape index (κ3) is 3.81. The van der Waals surface area contributed by atoms with Crippen molar-refractivity contribution in [2.45, 2.75) is 0 Å². The van der Waals surface area contributed by atoms with Crippen molar-refractivity contribution in [2.75, 3.05) is 13.2 Å². The average molecular weight is 219 g/mol. The van der Waals surface area contributed by atoms with Crippen LogP contribution in [0.2, 0.25) is 0 Å². The summed E-state index contributed by atoms with van der Waals surface area (Å²) < 4.78 is 4.72. The summed E-state index contributed by atoms with van der Waals surface area (Å²) in [5, 5.41) is 3.06. The Balaban J connectivity index is 2.42. The van der Waals surface area contributed by atoms with Crippen molar-refractivity contribution >= 4 is 11.8 Å². The van der Waals surface area contributed by atoms with Crippen LogP contribution >= 0.6 is 0 Å². The summed E-state index contributed by atoms with van der Waals surface area (Å²) in [7, 11) is 0. The number of esters is 1. The second kappa shape index (κ2) is 6.21. The highest BCUT2D eigenvalue weighted by molar-refractivity contribution is 5.91. The van der Waals surface area contributed by atoms with Crippen LogP contribution in [0.1, 0.15) is 10.4 Å². The lowest BCUT2D eigenvalue weighted by molar-refractivity contribution is -0.120. The third-order valence-corrected chi connectivity index (χ3v) is 1.68. The maximum atomic E-state index is 11.3. The molecule has 0 aromatic heterocycles. The minimum absolute atomic E-state index is 0.307. The molecule has 0 spiro atoms. The van der Waals surface area contributed by atoms with Gasteiger partial charge in [-0.25, -0.2) is 4.79 Å². The number of ketones is 1. The molecule has 0 saturated carbocycles. The van der Waals surface area contributed by atoms with E-state index in [0.717, 1.165) is 0 Å². The average Bonchev–Trinajstić information content (AvgIpc) is 2.34. The first-order chi connectivity index (χ1) is 7.74. The number of hydrogen-bond acceptors (Lipinski definition) is 4. The van der Waals surface area contributed by atoms with Crippen molar-refractivity contribution in [1.82, 2.24) is 0 Å². The number of nitrogens with zero attached hydrogens (tertiary/aromatic N) is 3. The predicted octanol–water partition coefficient (Wildman–Crippen LogP) is 1.72. The molecule has 0 amide bonds. The Morgan fingerprint density at radius 1 is 1.31 bits per heavy atom. The molecule has 0 heterocycles. The van der Waals surface area contributed by atoms with Gasteiger partial charge < -0.3 is 4.74 Å². The molecule has 0 saturated heterocycles. The molecule has 0 aliphatic carbocycles. The van der Waals surface area contributed by atoms with E-state index in [4.69, 9.17) is 10.3 Å². The molecule has 1 rings (SSSR count). The van der Waals surface area contributed by atoms with Crippen LogP contribution in [0.3, 0.4) is 0 Å². The summed E-state index contributed by atoms with van der Waals surface area (Å²) in [5.74, 6) is -1.02. The SMILES string of the molecule is [N-]=[N+]=NCC(=O)COC(=O)c1ccccc1. The first-order valence-electron chi connectivity index (χ1n) is 4.49. The number of carbonyl (C=O) groups is 2. The zero-order chi connectivity index (χ0) is 11.8. The van der Waals surface area contributed by atoms with Gasteiger partial charge >= 0.3 is 5.97 Å². The standard InChI is InChI=1S/C10H9N3O3/c11-13-12-6-9(14)7-16-10(15)8-4-2-1-3-5-8/h1-5H,6-7H2. The van der Waals surface area contributed by atoms with Crippen molar-refractivity contribution in [3.63, 3.8) is 0 Å². The molecule has 0 aliphatic heterocycles. The van der Waals surface area contributed by atoms with Gasteiger partial charge in [-0.1, -0.05) is 23.3 Å². The maximum absolute atomic E-state index is 11.3. The molecule has 6 heteroatoms. The van der Waals surface area contributed by atoms with Gasteiger partial charge in [0.2, 0.25) is 0 Å². The highest BCUT2D eigenvalue weighted by atomic mass is 16.5. The van der Waals surface area contributed by atoms with Crippen LogP contribution in [0, 0.1) is 0 Å². The van der Waals surface area contributed by atoms with Gasteiger partial charge in [-0.05, 0) is 17.7 Å². The molecule has 0 atom stereocenters. The molecule has 6 nitrogen and oxygen atoms in total. The Bertz CT molecular complexity index is 424. The molecule has 0 radical (unpaired) electrons.